The quantitative estimate of drug-likeness (QED) is 0.872. The summed E-state index contributed by atoms with van der Waals surface area (Å²) < 4.78 is 0. The van der Waals surface area contributed by atoms with E-state index in [1.807, 2.05) is 0 Å². The topological polar surface area (TPSA) is 58.4 Å². The summed E-state index contributed by atoms with van der Waals surface area (Å²) in [5.74, 6) is 0.0879. The van der Waals surface area contributed by atoms with Crippen LogP contribution in [0.5, 0.6) is 0 Å². The molecule has 3 rings (SSSR count). The van der Waals surface area contributed by atoms with Crippen LogP contribution in [0, 0.1) is 0 Å². The number of carbonyl (C=O) groups excluding carboxylic acids is 1. The molecule has 0 spiro atoms. The number of rotatable bonds is 5. The predicted molar refractivity (Wildman–Crippen MR) is 97.8 cm³/mol. The number of benzene rings is 1. The molecule has 1 saturated carbocycles. The van der Waals surface area contributed by atoms with Gasteiger partial charge in [0.15, 0.2) is 0 Å². The Morgan fingerprint density at radius 2 is 1.79 bits per heavy atom. The summed E-state index contributed by atoms with van der Waals surface area (Å²) in [7, 11) is 0. The number of amides is 1. The van der Waals surface area contributed by atoms with Gasteiger partial charge in [-0.25, -0.2) is 0 Å². The van der Waals surface area contributed by atoms with Crippen molar-refractivity contribution in [3.05, 3.63) is 35.9 Å². The van der Waals surface area contributed by atoms with E-state index in [0.717, 1.165) is 64.6 Å². The molecule has 1 aromatic rings. The Hall–Kier alpha value is -1.39. The molecule has 1 heterocycles. The molecule has 0 radical (unpaired) electrons. The molecule has 0 bridgehead atoms. The van der Waals surface area contributed by atoms with Crippen molar-refractivity contribution >= 4 is 5.91 Å². The summed E-state index contributed by atoms with van der Waals surface area (Å²) in [5.41, 5.74) is 7.13. The van der Waals surface area contributed by atoms with Crippen LogP contribution in [0.3, 0.4) is 0 Å². The van der Waals surface area contributed by atoms with Crippen LogP contribution in [0.15, 0.2) is 30.3 Å². The monoisotopic (exact) mass is 329 g/mol. The maximum Gasteiger partial charge on any atom is 0.240 e. The molecule has 1 saturated heterocycles. The van der Waals surface area contributed by atoms with Gasteiger partial charge in [0.25, 0.3) is 0 Å². The summed E-state index contributed by atoms with van der Waals surface area (Å²) in [5, 5.41) is 3.23. The first-order valence-electron chi connectivity index (χ1n) is 9.52. The van der Waals surface area contributed by atoms with Gasteiger partial charge in [-0.05, 0) is 37.7 Å². The van der Waals surface area contributed by atoms with Crippen LogP contribution < -0.4 is 11.1 Å². The molecule has 4 heteroatoms. The van der Waals surface area contributed by atoms with E-state index >= 15 is 0 Å². The van der Waals surface area contributed by atoms with Crippen LogP contribution in [0.25, 0.3) is 0 Å². The standard InChI is InChI=1S/C20H31N3O/c21-20(12-5-2-6-13-20)19(24)22-18-10-15-23(16-11-18)14-9-17-7-3-1-4-8-17/h1,3-4,7-8,18H,2,5-6,9-16,21H2,(H,22,24). The van der Waals surface area contributed by atoms with E-state index in [0.29, 0.717) is 6.04 Å². The van der Waals surface area contributed by atoms with Gasteiger partial charge in [0, 0.05) is 25.7 Å². The Bertz CT molecular complexity index is 517. The molecule has 3 N–H and O–H groups in total. The molecule has 2 fully saturated rings. The van der Waals surface area contributed by atoms with Crippen LogP contribution in [0.1, 0.15) is 50.5 Å². The van der Waals surface area contributed by atoms with E-state index in [1.54, 1.807) is 0 Å². The van der Waals surface area contributed by atoms with Crippen molar-refractivity contribution in [2.45, 2.75) is 62.9 Å². The third kappa shape index (κ3) is 4.58. The average Bonchev–Trinajstić information content (AvgIpc) is 2.62. The Morgan fingerprint density at radius 1 is 1.12 bits per heavy atom. The van der Waals surface area contributed by atoms with Gasteiger partial charge in [0.05, 0.1) is 5.54 Å². The molecule has 1 amide bonds. The van der Waals surface area contributed by atoms with Crippen molar-refractivity contribution in [2.75, 3.05) is 19.6 Å². The zero-order chi connectivity index (χ0) is 16.8. The molecule has 0 aromatic heterocycles. The van der Waals surface area contributed by atoms with Gasteiger partial charge in [-0.15, -0.1) is 0 Å². The van der Waals surface area contributed by atoms with E-state index in [1.165, 1.54) is 12.0 Å². The van der Waals surface area contributed by atoms with Gasteiger partial charge < -0.3 is 16.0 Å². The van der Waals surface area contributed by atoms with Gasteiger partial charge in [-0.1, -0.05) is 49.6 Å². The molecule has 24 heavy (non-hydrogen) atoms. The smallest absolute Gasteiger partial charge is 0.240 e. The minimum atomic E-state index is -0.608. The second-order valence-corrected chi connectivity index (χ2v) is 7.54. The molecule has 4 nitrogen and oxygen atoms in total. The van der Waals surface area contributed by atoms with Crippen molar-refractivity contribution in [3.8, 4) is 0 Å². The number of carbonyl (C=O) groups is 1. The SMILES string of the molecule is NC1(C(=O)NC2CCN(CCc3ccccc3)CC2)CCCCC1. The highest BCUT2D eigenvalue weighted by molar-refractivity contribution is 5.86. The molecular weight excluding hydrogens is 298 g/mol. The zero-order valence-corrected chi connectivity index (χ0v) is 14.7. The Labute approximate surface area is 145 Å². The maximum atomic E-state index is 12.5. The van der Waals surface area contributed by atoms with Crippen LogP contribution >= 0.6 is 0 Å². The first kappa shape index (κ1) is 17.4. The number of piperidine rings is 1. The molecule has 1 aliphatic carbocycles. The number of hydrogen-bond acceptors (Lipinski definition) is 3. The second-order valence-electron chi connectivity index (χ2n) is 7.54. The van der Waals surface area contributed by atoms with Gasteiger partial charge in [-0.3, -0.25) is 4.79 Å². The fraction of sp³-hybridized carbons (Fsp3) is 0.650. The van der Waals surface area contributed by atoms with Gasteiger partial charge in [0.2, 0.25) is 5.91 Å². The fourth-order valence-electron chi connectivity index (χ4n) is 3.97. The van der Waals surface area contributed by atoms with Crippen LogP contribution in [-0.2, 0) is 11.2 Å². The number of likely N-dealkylation sites (tertiary alicyclic amines) is 1. The molecule has 1 aromatic carbocycles. The summed E-state index contributed by atoms with van der Waals surface area (Å²) in [6.45, 7) is 3.23. The predicted octanol–water partition coefficient (Wildman–Crippen LogP) is 2.47. The molecule has 2 aliphatic rings. The number of nitrogens with zero attached hydrogens (tertiary/aromatic N) is 1. The van der Waals surface area contributed by atoms with Crippen molar-refractivity contribution < 1.29 is 4.79 Å². The summed E-state index contributed by atoms with van der Waals surface area (Å²) in [6, 6.07) is 11.0. The minimum Gasteiger partial charge on any atom is -0.352 e. The summed E-state index contributed by atoms with van der Waals surface area (Å²) in [4.78, 5) is 15.0. The summed E-state index contributed by atoms with van der Waals surface area (Å²) in [6.07, 6.45) is 8.25. The lowest BCUT2D eigenvalue weighted by Crippen LogP contribution is -2.58. The highest BCUT2D eigenvalue weighted by Crippen LogP contribution is 2.26. The van der Waals surface area contributed by atoms with Crippen molar-refractivity contribution in [1.82, 2.24) is 10.2 Å². The van der Waals surface area contributed by atoms with Crippen LogP contribution in [-0.4, -0.2) is 42.0 Å². The molecule has 0 unspecified atom stereocenters. The Morgan fingerprint density at radius 3 is 2.46 bits per heavy atom. The number of hydrogen-bond donors (Lipinski definition) is 2. The lowest BCUT2D eigenvalue weighted by molar-refractivity contribution is -0.128. The highest BCUT2D eigenvalue weighted by atomic mass is 16.2. The first-order chi connectivity index (χ1) is 11.7. The minimum absolute atomic E-state index is 0.0879. The van der Waals surface area contributed by atoms with E-state index in [-0.39, 0.29) is 5.91 Å². The van der Waals surface area contributed by atoms with E-state index in [2.05, 4.69) is 40.5 Å². The lowest BCUT2D eigenvalue weighted by Gasteiger charge is -2.36. The van der Waals surface area contributed by atoms with Crippen molar-refractivity contribution in [1.29, 1.82) is 0 Å². The van der Waals surface area contributed by atoms with E-state index < -0.39 is 5.54 Å². The molecule has 0 atom stereocenters. The highest BCUT2D eigenvalue weighted by Gasteiger charge is 2.36. The second kappa shape index (κ2) is 8.13. The van der Waals surface area contributed by atoms with Crippen LogP contribution in [0.4, 0.5) is 0 Å². The number of nitrogens with one attached hydrogen (secondary N) is 1. The van der Waals surface area contributed by atoms with Crippen LogP contribution in [0.2, 0.25) is 0 Å². The third-order valence-electron chi connectivity index (χ3n) is 5.68. The maximum absolute atomic E-state index is 12.5. The normalized spacial score (nSPS) is 22.2. The van der Waals surface area contributed by atoms with E-state index in [4.69, 9.17) is 5.73 Å². The Kier molecular flexibility index (Phi) is 5.90. The number of nitrogens with two attached hydrogens (primary N) is 1. The first-order valence-corrected chi connectivity index (χ1v) is 9.52. The summed E-state index contributed by atoms with van der Waals surface area (Å²) >= 11 is 0. The van der Waals surface area contributed by atoms with E-state index in [9.17, 15) is 4.79 Å². The van der Waals surface area contributed by atoms with Gasteiger partial charge in [-0.2, -0.15) is 0 Å². The lowest BCUT2D eigenvalue weighted by atomic mass is 9.81. The van der Waals surface area contributed by atoms with Crippen molar-refractivity contribution in [2.24, 2.45) is 5.73 Å². The van der Waals surface area contributed by atoms with Crippen molar-refractivity contribution in [3.63, 3.8) is 0 Å². The Balaban J connectivity index is 1.39. The average molecular weight is 329 g/mol. The molecular formula is C20H31N3O. The molecule has 1 aliphatic heterocycles. The third-order valence-corrected chi connectivity index (χ3v) is 5.68. The largest absolute Gasteiger partial charge is 0.352 e. The fourth-order valence-corrected chi connectivity index (χ4v) is 3.97. The zero-order valence-electron chi connectivity index (χ0n) is 14.7. The van der Waals surface area contributed by atoms with Gasteiger partial charge in [0.1, 0.15) is 0 Å². The molecule has 132 valence electrons. The van der Waals surface area contributed by atoms with Gasteiger partial charge >= 0.3 is 0 Å².